The maximum atomic E-state index is 7.00. The molecule has 0 amide bonds. The van der Waals surface area contributed by atoms with Gasteiger partial charge in [0.25, 0.3) is 0 Å². The van der Waals surface area contributed by atoms with E-state index in [0.29, 0.717) is 0 Å². The van der Waals surface area contributed by atoms with E-state index in [4.69, 9.17) is 18.4 Å². The molecule has 0 aromatic carbocycles. The summed E-state index contributed by atoms with van der Waals surface area (Å²) in [5, 5.41) is 7.00. The van der Waals surface area contributed by atoms with Crippen molar-refractivity contribution in [1.29, 1.82) is 0 Å². The predicted molar refractivity (Wildman–Crippen MR) is 50.0 cm³/mol. The number of hydrogen-bond acceptors (Lipinski definition) is 4. The average molecular weight is 196 g/mol. The molecule has 0 radical (unpaired) electrons. The van der Waals surface area contributed by atoms with Crippen LogP contribution in [0.25, 0.3) is 0 Å². The summed E-state index contributed by atoms with van der Waals surface area (Å²) in [5.74, 6) is 0. The lowest BCUT2D eigenvalue weighted by Gasteiger charge is -2.23. The largest absolute Gasteiger partial charge is 0.500 e. The van der Waals surface area contributed by atoms with Crippen molar-refractivity contribution in [3.05, 3.63) is 0 Å². The maximum absolute atomic E-state index is 7.00. The monoisotopic (exact) mass is 196 g/mol. The SMILES string of the molecule is CCC[Si](OC)(OC)OC.CO. The van der Waals surface area contributed by atoms with Crippen LogP contribution in [0.5, 0.6) is 0 Å². The molecule has 0 fully saturated rings. The van der Waals surface area contributed by atoms with Crippen LogP contribution in [0, 0.1) is 0 Å². The van der Waals surface area contributed by atoms with E-state index in [2.05, 4.69) is 6.92 Å². The Morgan fingerprint density at radius 1 is 1.00 bits per heavy atom. The van der Waals surface area contributed by atoms with E-state index >= 15 is 0 Å². The number of rotatable bonds is 5. The van der Waals surface area contributed by atoms with Gasteiger partial charge in [0.05, 0.1) is 0 Å². The lowest BCUT2D eigenvalue weighted by atomic mass is 10.6. The fourth-order valence-corrected chi connectivity index (χ4v) is 2.59. The fraction of sp³-hybridized carbons (Fsp3) is 1.00. The Hall–Kier alpha value is 0.0569. The summed E-state index contributed by atoms with van der Waals surface area (Å²) >= 11 is 0. The summed E-state index contributed by atoms with van der Waals surface area (Å²) in [4.78, 5) is 0. The van der Waals surface area contributed by atoms with Crippen LogP contribution in [0.1, 0.15) is 13.3 Å². The molecule has 0 bridgehead atoms. The molecule has 0 atom stereocenters. The van der Waals surface area contributed by atoms with Gasteiger partial charge in [-0.2, -0.15) is 0 Å². The molecule has 5 heteroatoms. The molecule has 0 saturated carbocycles. The highest BCUT2D eigenvalue weighted by molar-refractivity contribution is 6.60. The summed E-state index contributed by atoms with van der Waals surface area (Å²) in [6, 6.07) is 0.885. The summed E-state index contributed by atoms with van der Waals surface area (Å²) in [7, 11) is 3.68. The Bertz CT molecular complexity index is 77.2. The van der Waals surface area contributed by atoms with Crippen LogP contribution in [0.3, 0.4) is 0 Å². The van der Waals surface area contributed by atoms with E-state index in [1.807, 2.05) is 0 Å². The van der Waals surface area contributed by atoms with Crippen LogP contribution in [0.15, 0.2) is 0 Å². The van der Waals surface area contributed by atoms with Gasteiger partial charge in [0, 0.05) is 34.5 Å². The Morgan fingerprint density at radius 2 is 1.33 bits per heavy atom. The first-order valence-electron chi connectivity index (χ1n) is 3.84. The molecule has 0 aliphatic rings. The zero-order chi connectivity index (χ0) is 10.0. The first kappa shape index (κ1) is 14.6. The van der Waals surface area contributed by atoms with Crippen molar-refractivity contribution in [1.82, 2.24) is 0 Å². The van der Waals surface area contributed by atoms with Crippen LogP contribution >= 0.6 is 0 Å². The Labute approximate surface area is 75.8 Å². The van der Waals surface area contributed by atoms with E-state index in [0.717, 1.165) is 19.6 Å². The molecule has 0 aromatic heterocycles. The molecule has 0 aromatic rings. The summed E-state index contributed by atoms with van der Waals surface area (Å²) in [6.45, 7) is 2.08. The molecule has 0 saturated heterocycles. The lowest BCUT2D eigenvalue weighted by Crippen LogP contribution is -2.42. The summed E-state index contributed by atoms with van der Waals surface area (Å²) in [6.07, 6.45) is 1.03. The average Bonchev–Trinajstić information content (AvgIpc) is 2.18. The van der Waals surface area contributed by atoms with E-state index in [-0.39, 0.29) is 0 Å². The van der Waals surface area contributed by atoms with Gasteiger partial charge in [-0.15, -0.1) is 0 Å². The van der Waals surface area contributed by atoms with Gasteiger partial charge in [-0.05, 0) is 0 Å². The molecule has 1 N–H and O–H groups in total. The minimum absolute atomic E-state index is 0.885. The number of hydrogen-bond donors (Lipinski definition) is 1. The van der Waals surface area contributed by atoms with Crippen LogP contribution < -0.4 is 0 Å². The smallest absolute Gasteiger partial charge is 0.400 e. The van der Waals surface area contributed by atoms with Gasteiger partial charge in [0.1, 0.15) is 0 Å². The molecule has 0 heterocycles. The fourth-order valence-electron chi connectivity index (χ4n) is 0.862. The van der Waals surface area contributed by atoms with Crippen molar-refractivity contribution in [2.24, 2.45) is 0 Å². The Balaban J connectivity index is 0. The molecule has 0 aliphatic heterocycles. The molecule has 76 valence electrons. The van der Waals surface area contributed by atoms with Crippen molar-refractivity contribution < 1.29 is 18.4 Å². The van der Waals surface area contributed by atoms with E-state index in [9.17, 15) is 0 Å². The topological polar surface area (TPSA) is 47.9 Å². The van der Waals surface area contributed by atoms with Gasteiger partial charge >= 0.3 is 8.80 Å². The summed E-state index contributed by atoms with van der Waals surface area (Å²) < 4.78 is 15.5. The third-order valence-electron chi connectivity index (χ3n) is 1.49. The van der Waals surface area contributed by atoms with Gasteiger partial charge in [-0.1, -0.05) is 13.3 Å². The van der Waals surface area contributed by atoms with E-state index < -0.39 is 8.80 Å². The second-order valence-electron chi connectivity index (χ2n) is 2.05. The van der Waals surface area contributed by atoms with Crippen LogP contribution in [-0.2, 0) is 13.3 Å². The predicted octanol–water partition coefficient (Wildman–Crippen LogP) is 0.883. The van der Waals surface area contributed by atoms with Gasteiger partial charge < -0.3 is 18.4 Å². The van der Waals surface area contributed by atoms with Gasteiger partial charge in [0.15, 0.2) is 0 Å². The quantitative estimate of drug-likeness (QED) is 0.663. The van der Waals surface area contributed by atoms with Crippen LogP contribution in [-0.4, -0.2) is 42.4 Å². The highest BCUT2D eigenvalue weighted by atomic mass is 28.4. The molecule has 0 spiro atoms. The third-order valence-corrected chi connectivity index (χ3v) is 4.47. The zero-order valence-electron chi connectivity index (χ0n) is 8.59. The van der Waals surface area contributed by atoms with Gasteiger partial charge in [0.2, 0.25) is 0 Å². The second-order valence-corrected chi connectivity index (χ2v) is 5.14. The van der Waals surface area contributed by atoms with Crippen molar-refractivity contribution in [2.75, 3.05) is 28.4 Å². The number of aliphatic hydroxyl groups excluding tert-OH is 1. The first-order valence-corrected chi connectivity index (χ1v) is 5.78. The standard InChI is InChI=1S/C6H16O3Si.CH4O/c1-5-6-10(7-2,8-3)9-4;1-2/h5-6H2,1-4H3;2H,1H3. The van der Waals surface area contributed by atoms with Crippen molar-refractivity contribution in [3.8, 4) is 0 Å². The van der Waals surface area contributed by atoms with E-state index in [1.54, 1.807) is 21.3 Å². The first-order chi connectivity index (χ1) is 5.74. The molecular formula is C7H20O4Si. The second kappa shape index (κ2) is 9.15. The van der Waals surface area contributed by atoms with Gasteiger partial charge in [-0.25, -0.2) is 0 Å². The third kappa shape index (κ3) is 4.84. The Morgan fingerprint density at radius 3 is 1.42 bits per heavy atom. The highest BCUT2D eigenvalue weighted by Gasteiger charge is 2.36. The van der Waals surface area contributed by atoms with Crippen molar-refractivity contribution in [2.45, 2.75) is 19.4 Å². The minimum atomic E-state index is -2.22. The van der Waals surface area contributed by atoms with Gasteiger partial charge in [-0.3, -0.25) is 0 Å². The van der Waals surface area contributed by atoms with E-state index in [1.165, 1.54) is 0 Å². The van der Waals surface area contributed by atoms with Crippen molar-refractivity contribution in [3.63, 3.8) is 0 Å². The number of aliphatic hydroxyl groups is 1. The molecule has 0 unspecified atom stereocenters. The normalized spacial score (nSPS) is 10.5. The lowest BCUT2D eigenvalue weighted by molar-refractivity contribution is 0.123. The molecule has 4 nitrogen and oxygen atoms in total. The minimum Gasteiger partial charge on any atom is -0.400 e. The molecule has 0 rings (SSSR count). The molecular weight excluding hydrogens is 176 g/mol. The Kier molecular flexibility index (Phi) is 11.1. The summed E-state index contributed by atoms with van der Waals surface area (Å²) in [5.41, 5.74) is 0. The molecule has 12 heavy (non-hydrogen) atoms. The highest BCUT2D eigenvalue weighted by Crippen LogP contribution is 2.13. The van der Waals surface area contributed by atoms with Crippen LogP contribution in [0.2, 0.25) is 6.04 Å². The maximum Gasteiger partial charge on any atom is 0.500 e. The molecule has 0 aliphatic carbocycles. The van der Waals surface area contributed by atoms with Crippen molar-refractivity contribution >= 4 is 8.80 Å². The zero-order valence-corrected chi connectivity index (χ0v) is 9.59. The van der Waals surface area contributed by atoms with Crippen LogP contribution in [0.4, 0.5) is 0 Å².